The van der Waals surface area contributed by atoms with Gasteiger partial charge in [0.1, 0.15) is 5.82 Å². The Balaban J connectivity index is 2.19. The molecule has 2 aromatic rings. The summed E-state index contributed by atoms with van der Waals surface area (Å²) in [4.78, 5) is 4.97. The maximum atomic E-state index is 5.69. The zero-order chi connectivity index (χ0) is 9.26. The molecule has 13 heavy (non-hydrogen) atoms. The molecular weight excluding hydrogens is 210 g/mol. The van der Waals surface area contributed by atoms with E-state index in [2.05, 4.69) is 20.5 Å². The highest BCUT2D eigenvalue weighted by Gasteiger charge is 2.04. The van der Waals surface area contributed by atoms with Crippen molar-refractivity contribution in [3.05, 3.63) is 21.4 Å². The molecular formula is C6H6ClN5S. The Morgan fingerprint density at radius 3 is 3.00 bits per heavy atom. The number of rotatable bonds is 2. The third-order valence-corrected chi connectivity index (χ3v) is 2.64. The molecule has 2 rings (SSSR count). The third-order valence-electron chi connectivity index (χ3n) is 1.54. The first-order valence-electron chi connectivity index (χ1n) is 3.58. The molecule has 0 bridgehead atoms. The Bertz CT molecular complexity index is 409. The lowest BCUT2D eigenvalue weighted by atomic mass is 10.5. The summed E-state index contributed by atoms with van der Waals surface area (Å²) in [5.74, 6) is 0.782. The molecule has 0 radical (unpaired) electrons. The van der Waals surface area contributed by atoms with Crippen LogP contribution >= 0.6 is 22.9 Å². The lowest BCUT2D eigenvalue weighted by Gasteiger charge is -1.96. The van der Waals surface area contributed by atoms with Crippen LogP contribution in [-0.2, 0) is 6.54 Å². The Morgan fingerprint density at radius 1 is 1.62 bits per heavy atom. The Labute approximate surface area is 83.4 Å². The third kappa shape index (κ3) is 1.84. The fraction of sp³-hybridized carbons (Fsp3) is 0.333. The first-order chi connectivity index (χ1) is 6.25. The van der Waals surface area contributed by atoms with Crippen molar-refractivity contribution in [3.63, 3.8) is 0 Å². The average Bonchev–Trinajstić information content (AvgIpc) is 2.64. The van der Waals surface area contributed by atoms with Gasteiger partial charge >= 0.3 is 0 Å². The smallest absolute Gasteiger partial charge is 0.183 e. The number of hydrogen-bond acceptors (Lipinski definition) is 5. The zero-order valence-electron chi connectivity index (χ0n) is 6.81. The topological polar surface area (TPSA) is 56.5 Å². The standard InChI is InChI=1S/C6H6ClN5S/c1-4-9-10-11-12(4)3-5-2-8-6(7)13-5/h2H,3H2,1H3. The van der Waals surface area contributed by atoms with Crippen LogP contribution in [0.25, 0.3) is 0 Å². The van der Waals surface area contributed by atoms with Crippen LogP contribution in [0.1, 0.15) is 10.7 Å². The number of nitrogens with zero attached hydrogens (tertiary/aromatic N) is 5. The maximum Gasteiger partial charge on any atom is 0.183 e. The molecule has 0 unspecified atom stereocenters. The Morgan fingerprint density at radius 2 is 2.46 bits per heavy atom. The first-order valence-corrected chi connectivity index (χ1v) is 4.78. The Hall–Kier alpha value is -1.01. The van der Waals surface area contributed by atoms with Gasteiger partial charge in [-0.1, -0.05) is 11.6 Å². The van der Waals surface area contributed by atoms with Gasteiger partial charge in [0.15, 0.2) is 4.47 Å². The summed E-state index contributed by atoms with van der Waals surface area (Å²) in [7, 11) is 0. The molecule has 5 nitrogen and oxygen atoms in total. The number of aromatic nitrogens is 5. The van der Waals surface area contributed by atoms with Gasteiger partial charge in [-0.25, -0.2) is 9.67 Å². The van der Waals surface area contributed by atoms with Gasteiger partial charge in [-0.15, -0.1) is 16.4 Å². The monoisotopic (exact) mass is 215 g/mol. The highest BCUT2D eigenvalue weighted by atomic mass is 35.5. The van der Waals surface area contributed by atoms with E-state index in [0.29, 0.717) is 11.0 Å². The van der Waals surface area contributed by atoms with Gasteiger partial charge in [-0.2, -0.15) is 0 Å². The molecule has 0 spiro atoms. The molecule has 0 N–H and O–H groups in total. The van der Waals surface area contributed by atoms with Gasteiger partial charge in [0.05, 0.1) is 6.54 Å². The summed E-state index contributed by atoms with van der Waals surface area (Å²) >= 11 is 7.12. The van der Waals surface area contributed by atoms with Gasteiger partial charge < -0.3 is 0 Å². The van der Waals surface area contributed by atoms with Gasteiger partial charge in [-0.3, -0.25) is 0 Å². The second-order valence-corrected chi connectivity index (χ2v) is 4.16. The van der Waals surface area contributed by atoms with Crippen LogP contribution in [0.4, 0.5) is 0 Å². The fourth-order valence-electron chi connectivity index (χ4n) is 0.900. The lowest BCUT2D eigenvalue weighted by molar-refractivity contribution is 0.638. The van der Waals surface area contributed by atoms with Crippen molar-refractivity contribution < 1.29 is 0 Å². The van der Waals surface area contributed by atoms with Gasteiger partial charge in [-0.05, 0) is 17.4 Å². The van der Waals surface area contributed by atoms with Crippen LogP contribution in [-0.4, -0.2) is 25.2 Å². The molecule has 0 aliphatic rings. The molecule has 0 saturated carbocycles. The summed E-state index contributed by atoms with van der Waals surface area (Å²) in [5.41, 5.74) is 0. The van der Waals surface area contributed by atoms with E-state index in [4.69, 9.17) is 11.6 Å². The van der Waals surface area contributed by atoms with Crippen molar-refractivity contribution in [3.8, 4) is 0 Å². The van der Waals surface area contributed by atoms with Crippen molar-refractivity contribution in [2.75, 3.05) is 0 Å². The van der Waals surface area contributed by atoms with Crippen molar-refractivity contribution in [2.24, 2.45) is 0 Å². The number of aryl methyl sites for hydroxylation is 1. The average molecular weight is 216 g/mol. The van der Waals surface area contributed by atoms with Crippen molar-refractivity contribution in [1.29, 1.82) is 0 Å². The van der Waals surface area contributed by atoms with E-state index in [0.717, 1.165) is 10.7 Å². The normalized spacial score (nSPS) is 10.6. The summed E-state index contributed by atoms with van der Waals surface area (Å²) in [6.07, 6.45) is 1.73. The van der Waals surface area contributed by atoms with E-state index in [1.165, 1.54) is 11.3 Å². The number of hydrogen-bond donors (Lipinski definition) is 0. The minimum atomic E-state index is 0.542. The van der Waals surface area contributed by atoms with Crippen LogP contribution in [0.5, 0.6) is 0 Å². The van der Waals surface area contributed by atoms with E-state index < -0.39 is 0 Å². The zero-order valence-corrected chi connectivity index (χ0v) is 8.38. The van der Waals surface area contributed by atoms with E-state index >= 15 is 0 Å². The highest BCUT2D eigenvalue weighted by molar-refractivity contribution is 7.15. The second-order valence-electron chi connectivity index (χ2n) is 2.46. The second kappa shape index (κ2) is 3.39. The lowest BCUT2D eigenvalue weighted by Crippen LogP contribution is -2.02. The van der Waals surface area contributed by atoms with Crippen LogP contribution in [0.2, 0.25) is 4.47 Å². The van der Waals surface area contributed by atoms with Gasteiger partial charge in [0.25, 0.3) is 0 Å². The number of thiazole rings is 1. The van der Waals surface area contributed by atoms with Crippen LogP contribution in [0.3, 0.4) is 0 Å². The van der Waals surface area contributed by atoms with Crippen molar-refractivity contribution >= 4 is 22.9 Å². The minimum absolute atomic E-state index is 0.542. The molecule has 0 aromatic carbocycles. The first kappa shape index (κ1) is 8.58. The molecule has 0 aliphatic carbocycles. The predicted molar refractivity (Wildman–Crippen MR) is 48.8 cm³/mol. The molecule has 2 aromatic heterocycles. The van der Waals surface area contributed by atoms with E-state index in [9.17, 15) is 0 Å². The van der Waals surface area contributed by atoms with E-state index in [-0.39, 0.29) is 0 Å². The summed E-state index contributed by atoms with van der Waals surface area (Å²) in [6.45, 7) is 2.48. The minimum Gasteiger partial charge on any atom is -0.233 e. The Kier molecular flexibility index (Phi) is 2.24. The molecule has 0 saturated heterocycles. The van der Waals surface area contributed by atoms with Crippen LogP contribution in [0.15, 0.2) is 6.20 Å². The molecule has 0 atom stereocenters. The van der Waals surface area contributed by atoms with Crippen molar-refractivity contribution in [1.82, 2.24) is 25.2 Å². The van der Waals surface area contributed by atoms with Gasteiger partial charge in [0.2, 0.25) is 0 Å². The molecule has 2 heterocycles. The number of halogens is 1. The van der Waals surface area contributed by atoms with Crippen LogP contribution in [0, 0.1) is 6.92 Å². The highest BCUT2D eigenvalue weighted by Crippen LogP contribution is 2.18. The molecule has 0 fully saturated rings. The predicted octanol–water partition coefficient (Wildman–Crippen LogP) is 1.14. The largest absolute Gasteiger partial charge is 0.233 e. The summed E-state index contributed by atoms with van der Waals surface area (Å²) in [5, 5.41) is 11.1. The maximum absolute atomic E-state index is 5.69. The molecule has 0 aliphatic heterocycles. The molecule has 7 heteroatoms. The quantitative estimate of drug-likeness (QED) is 0.754. The fourth-order valence-corrected chi connectivity index (χ4v) is 1.86. The van der Waals surface area contributed by atoms with E-state index in [1.807, 2.05) is 6.92 Å². The molecule has 0 amide bonds. The van der Waals surface area contributed by atoms with Gasteiger partial charge in [0, 0.05) is 11.1 Å². The summed E-state index contributed by atoms with van der Waals surface area (Å²) in [6, 6.07) is 0. The van der Waals surface area contributed by atoms with Crippen molar-refractivity contribution in [2.45, 2.75) is 13.5 Å². The summed E-state index contributed by atoms with van der Waals surface area (Å²) < 4.78 is 2.24. The number of tetrazole rings is 1. The SMILES string of the molecule is Cc1nnnn1Cc1cnc(Cl)s1. The molecule has 68 valence electrons. The van der Waals surface area contributed by atoms with Crippen LogP contribution < -0.4 is 0 Å². The van der Waals surface area contributed by atoms with E-state index in [1.54, 1.807) is 10.9 Å².